The van der Waals surface area contributed by atoms with Gasteiger partial charge in [0.25, 0.3) is 0 Å². The fourth-order valence-corrected chi connectivity index (χ4v) is 6.24. The smallest absolute Gasteiger partial charge is 1.00 e. The van der Waals surface area contributed by atoms with Crippen LogP contribution in [-0.4, -0.2) is 19.5 Å². The third-order valence-electron chi connectivity index (χ3n) is 4.54. The van der Waals surface area contributed by atoms with Crippen LogP contribution < -0.4 is 12.4 Å². The van der Waals surface area contributed by atoms with Crippen molar-refractivity contribution < 1.29 is 12.4 Å². The van der Waals surface area contributed by atoms with Crippen LogP contribution in [0.5, 0.6) is 0 Å². The first-order chi connectivity index (χ1) is 7.65. The van der Waals surface area contributed by atoms with Crippen LogP contribution in [0.25, 0.3) is 0 Å². The quantitative estimate of drug-likeness (QED) is 0.534. The van der Waals surface area contributed by atoms with E-state index in [4.69, 9.17) is 0 Å². The summed E-state index contributed by atoms with van der Waals surface area (Å²) < 4.78 is 0.613. The summed E-state index contributed by atoms with van der Waals surface area (Å²) in [5.41, 5.74) is 0. The van der Waals surface area contributed by atoms with Crippen LogP contribution in [0.15, 0.2) is 0 Å². The maximum Gasteiger partial charge on any atom is -1.00 e. The number of halogens is 2. The molecule has 0 amide bonds. The van der Waals surface area contributed by atoms with Gasteiger partial charge in [-0.2, -0.15) is 0 Å². The summed E-state index contributed by atoms with van der Waals surface area (Å²) in [5, 5.41) is 2.85. The summed E-state index contributed by atoms with van der Waals surface area (Å²) in [6.07, 6.45) is 9.14. The van der Waals surface area contributed by atoms with Crippen LogP contribution in [0, 0.1) is 17.8 Å². The molecular formula is C14H25AlBrCl. The molecule has 0 spiro atoms. The van der Waals surface area contributed by atoms with E-state index in [1.165, 1.54) is 29.8 Å². The Balaban J connectivity index is 0.000000212. The zero-order valence-electron chi connectivity index (χ0n) is 11.2. The van der Waals surface area contributed by atoms with Crippen molar-refractivity contribution in [1.29, 1.82) is 0 Å². The molecule has 0 unspecified atom stereocenters. The molecule has 0 aromatic heterocycles. The van der Waals surface area contributed by atoms with E-state index in [9.17, 15) is 0 Å². The van der Waals surface area contributed by atoms with E-state index >= 15 is 0 Å². The van der Waals surface area contributed by atoms with Crippen LogP contribution in [0.3, 0.4) is 0 Å². The molecule has 0 N–H and O–H groups in total. The zero-order valence-corrected chi connectivity index (χ0v) is 14.7. The van der Waals surface area contributed by atoms with Crippen molar-refractivity contribution in [3.8, 4) is 0 Å². The Morgan fingerprint density at radius 3 is 1.47 bits per heavy atom. The molecule has 98 valence electrons. The second-order valence-electron chi connectivity index (χ2n) is 6.17. The van der Waals surface area contributed by atoms with Crippen molar-refractivity contribution >= 4 is 31.1 Å². The first-order valence-electron chi connectivity index (χ1n) is 7.15. The Labute approximate surface area is 128 Å². The first-order valence-corrected chi connectivity index (χ1v) is 9.58. The van der Waals surface area contributed by atoms with E-state index in [1.807, 2.05) is 0 Å². The van der Waals surface area contributed by atoms with Gasteiger partial charge in [-0.25, -0.2) is 0 Å². The second-order valence-corrected chi connectivity index (χ2v) is 10.1. The zero-order chi connectivity index (χ0) is 11.6. The number of alkyl halides is 1. The average molecular weight is 336 g/mol. The summed E-state index contributed by atoms with van der Waals surface area (Å²) in [6.45, 7) is 4.50. The monoisotopic (exact) mass is 334 g/mol. The van der Waals surface area contributed by atoms with E-state index < -0.39 is 0 Å². The minimum atomic E-state index is 0. The van der Waals surface area contributed by atoms with Crippen LogP contribution in [0.1, 0.15) is 52.4 Å². The Morgan fingerprint density at radius 2 is 1.29 bits per heavy atom. The maximum atomic E-state index is 3.96. The van der Waals surface area contributed by atoms with Gasteiger partial charge in [-0.05, 0) is 56.3 Å². The summed E-state index contributed by atoms with van der Waals surface area (Å²) in [7, 11) is 0. The SMILES string of the molecule is BrC12CC3CC(CC(C3)C1)C2.C[CH2][Al+][CH2]C.[Cl-]. The molecule has 0 nitrogen and oxygen atoms in total. The van der Waals surface area contributed by atoms with Crippen LogP contribution in [0.2, 0.25) is 10.6 Å². The van der Waals surface area contributed by atoms with Crippen LogP contribution in [0.4, 0.5) is 0 Å². The van der Waals surface area contributed by atoms with Crippen molar-refractivity contribution in [3.05, 3.63) is 0 Å². The van der Waals surface area contributed by atoms with Crippen molar-refractivity contribution in [3.63, 3.8) is 0 Å². The summed E-state index contributed by atoms with van der Waals surface area (Å²) in [5.74, 6) is 3.29. The van der Waals surface area contributed by atoms with Crippen LogP contribution >= 0.6 is 15.9 Å². The standard InChI is InChI=1S/C10H15Br.2C2H5.Al.ClH/c11-10-4-7-1-8(5-10)3-9(2-7)6-10;2*1-2;;/h7-9H,1-6H2;2*1H2,2H3;;1H/q;;;+1;/p-1. The maximum absolute atomic E-state index is 3.96. The topological polar surface area (TPSA) is 0 Å². The van der Waals surface area contributed by atoms with Gasteiger partial charge in [0.2, 0.25) is 0 Å². The average Bonchev–Trinajstić information content (AvgIpc) is 2.15. The summed E-state index contributed by atoms with van der Waals surface area (Å²) in [4.78, 5) is 0. The van der Waals surface area contributed by atoms with E-state index in [0.717, 1.165) is 33.0 Å². The summed E-state index contributed by atoms with van der Waals surface area (Å²) >= 11 is 4.77. The van der Waals surface area contributed by atoms with E-state index in [0.29, 0.717) is 4.32 Å². The normalized spacial score (nSPS) is 41.0. The van der Waals surface area contributed by atoms with Crippen molar-refractivity contribution in [2.45, 2.75) is 67.3 Å². The number of hydrogen-bond donors (Lipinski definition) is 0. The predicted molar refractivity (Wildman–Crippen MR) is 76.5 cm³/mol. The fraction of sp³-hybridized carbons (Fsp3) is 1.00. The van der Waals surface area contributed by atoms with Crippen molar-refractivity contribution in [2.24, 2.45) is 17.8 Å². The van der Waals surface area contributed by atoms with Crippen molar-refractivity contribution in [1.82, 2.24) is 0 Å². The third kappa shape index (κ3) is 4.41. The molecule has 0 radical (unpaired) electrons. The Kier molecular flexibility index (Phi) is 6.91. The number of rotatable bonds is 2. The largest absolute Gasteiger partial charge is 1.00 e. The van der Waals surface area contributed by atoms with Crippen molar-refractivity contribution in [2.75, 3.05) is 0 Å². The molecule has 4 saturated carbocycles. The van der Waals surface area contributed by atoms with Gasteiger partial charge in [0.1, 0.15) is 0 Å². The fourth-order valence-electron chi connectivity index (χ4n) is 4.29. The minimum Gasteiger partial charge on any atom is -1.00 e. The minimum absolute atomic E-state index is 0. The molecule has 4 fully saturated rings. The van der Waals surface area contributed by atoms with E-state index in [-0.39, 0.29) is 12.4 Å². The van der Waals surface area contributed by atoms with Crippen LogP contribution in [-0.2, 0) is 0 Å². The molecule has 4 rings (SSSR count). The molecule has 0 aromatic rings. The predicted octanol–water partition coefficient (Wildman–Crippen LogP) is 1.92. The second kappa shape index (κ2) is 7.18. The molecule has 0 atom stereocenters. The Morgan fingerprint density at radius 1 is 0.941 bits per heavy atom. The van der Waals surface area contributed by atoms with Gasteiger partial charge < -0.3 is 12.4 Å². The molecule has 0 saturated heterocycles. The van der Waals surface area contributed by atoms with E-state index in [1.54, 1.807) is 19.3 Å². The third-order valence-corrected chi connectivity index (χ3v) is 6.67. The van der Waals surface area contributed by atoms with Gasteiger partial charge in [0.15, 0.2) is 0 Å². The molecule has 17 heavy (non-hydrogen) atoms. The van der Waals surface area contributed by atoms with Gasteiger partial charge in [-0.3, -0.25) is 0 Å². The molecule has 0 aliphatic heterocycles. The summed E-state index contributed by atoms with van der Waals surface area (Å²) in [6, 6.07) is 0. The molecule has 4 aliphatic carbocycles. The van der Waals surface area contributed by atoms with Gasteiger partial charge >= 0.3 is 39.6 Å². The first kappa shape index (κ1) is 16.4. The van der Waals surface area contributed by atoms with Gasteiger partial charge in [-0.1, -0.05) is 15.9 Å². The molecular weight excluding hydrogens is 310 g/mol. The molecule has 0 heterocycles. The van der Waals surface area contributed by atoms with E-state index in [2.05, 4.69) is 29.8 Å². The molecule has 3 heteroatoms. The number of hydrogen-bond acceptors (Lipinski definition) is 0. The van der Waals surface area contributed by atoms with Gasteiger partial charge in [-0.15, -0.1) is 0 Å². The Bertz CT molecular complexity index is 195. The molecule has 0 aromatic carbocycles. The van der Waals surface area contributed by atoms with Gasteiger partial charge in [0.05, 0.1) is 0 Å². The molecule has 4 aliphatic rings. The Hall–Kier alpha value is 1.30. The van der Waals surface area contributed by atoms with Gasteiger partial charge in [0, 0.05) is 4.32 Å². The molecule has 4 bridgehead atoms.